The lowest BCUT2D eigenvalue weighted by Gasteiger charge is -2.22. The van der Waals surface area contributed by atoms with E-state index in [1.807, 2.05) is 24.3 Å². The molecule has 2 aromatic rings. The van der Waals surface area contributed by atoms with Gasteiger partial charge in [-0.2, -0.15) is 0 Å². The van der Waals surface area contributed by atoms with Crippen molar-refractivity contribution in [2.45, 2.75) is 51.8 Å². The third kappa shape index (κ3) is 7.52. The molecule has 1 aliphatic carbocycles. The van der Waals surface area contributed by atoms with Crippen LogP contribution < -0.4 is 10.1 Å². The van der Waals surface area contributed by atoms with Crippen molar-refractivity contribution in [1.29, 1.82) is 0 Å². The lowest BCUT2D eigenvalue weighted by molar-refractivity contribution is -0.135. The van der Waals surface area contributed by atoms with E-state index in [-0.39, 0.29) is 24.1 Å². The molecule has 8 nitrogen and oxygen atoms in total. The van der Waals surface area contributed by atoms with Gasteiger partial charge in [-0.05, 0) is 75.6 Å². The number of rotatable bonds is 8. The second-order valence-electron chi connectivity index (χ2n) is 8.88. The van der Waals surface area contributed by atoms with Gasteiger partial charge in [0.2, 0.25) is 0 Å². The number of nitrogens with one attached hydrogen (secondary N) is 1. The molecule has 0 radical (unpaired) electrons. The second-order valence-corrected chi connectivity index (χ2v) is 8.88. The van der Waals surface area contributed by atoms with Crippen LogP contribution in [0.5, 0.6) is 5.75 Å². The number of carbonyl (C=O) groups is 3. The number of hydrogen-bond donors (Lipinski definition) is 1. The van der Waals surface area contributed by atoms with Crippen LogP contribution in [-0.4, -0.2) is 48.2 Å². The van der Waals surface area contributed by atoms with Gasteiger partial charge in [0.25, 0.3) is 5.91 Å². The maximum Gasteiger partial charge on any atom is 0.412 e. The lowest BCUT2D eigenvalue weighted by Crippen LogP contribution is -2.36. The van der Waals surface area contributed by atoms with E-state index in [9.17, 15) is 14.4 Å². The third-order valence-corrected chi connectivity index (χ3v) is 4.91. The second kappa shape index (κ2) is 10.4. The molecule has 1 saturated carbocycles. The fraction of sp³-hybridized carbons (Fsp3) is 0.400. The number of carbonyl (C=O) groups excluding carboxylic acids is 3. The van der Waals surface area contributed by atoms with Gasteiger partial charge in [-0.25, -0.2) is 9.59 Å². The summed E-state index contributed by atoms with van der Waals surface area (Å²) in [5.74, 6) is -0.0819. The Hall–Kier alpha value is -3.55. The molecule has 1 fully saturated rings. The highest BCUT2D eigenvalue weighted by Crippen LogP contribution is 2.29. The Balaban J connectivity index is 1.52. The summed E-state index contributed by atoms with van der Waals surface area (Å²) in [5, 5.41) is 2.60. The van der Waals surface area contributed by atoms with Gasteiger partial charge in [0, 0.05) is 18.3 Å². The van der Waals surface area contributed by atoms with Gasteiger partial charge in [-0.1, -0.05) is 12.1 Å². The van der Waals surface area contributed by atoms with Crippen LogP contribution in [0.1, 0.15) is 49.5 Å². The molecule has 176 valence electrons. The average molecular weight is 455 g/mol. The highest BCUT2D eigenvalue weighted by molar-refractivity contribution is 5.92. The topological polar surface area (TPSA) is 94.2 Å². The normalized spacial score (nSPS) is 13.1. The standard InChI is InChI=1S/C25H30N2O6/c1-25(2,3)33-24(30)26-19-9-7-18(8-10-19)23(29)32-16-22(28)27(20-11-12-20)15-17-5-13-21(31-4)14-6-17/h5-10,13-14,20H,11-12,15-16H2,1-4H3,(H,26,30). The Kier molecular flexibility index (Phi) is 7.58. The van der Waals surface area contributed by atoms with Crippen LogP contribution in [0.25, 0.3) is 0 Å². The van der Waals surface area contributed by atoms with Crippen LogP contribution in [0.2, 0.25) is 0 Å². The Morgan fingerprint density at radius 2 is 1.64 bits per heavy atom. The minimum absolute atomic E-state index is 0.177. The first-order valence-electron chi connectivity index (χ1n) is 10.8. The summed E-state index contributed by atoms with van der Waals surface area (Å²) in [5.41, 5.74) is 1.14. The number of hydrogen-bond acceptors (Lipinski definition) is 6. The molecule has 0 atom stereocenters. The average Bonchev–Trinajstić information content (AvgIpc) is 3.60. The molecule has 8 heteroatoms. The van der Waals surface area contributed by atoms with Gasteiger partial charge in [-0.15, -0.1) is 0 Å². The summed E-state index contributed by atoms with van der Waals surface area (Å²) in [6.45, 7) is 5.44. The fourth-order valence-corrected chi connectivity index (χ4v) is 3.14. The molecule has 0 saturated heterocycles. The Morgan fingerprint density at radius 1 is 1.00 bits per heavy atom. The van der Waals surface area contributed by atoms with E-state index < -0.39 is 17.7 Å². The largest absolute Gasteiger partial charge is 0.497 e. The van der Waals surface area contributed by atoms with E-state index in [1.54, 1.807) is 44.9 Å². The van der Waals surface area contributed by atoms with Crippen LogP contribution in [0.3, 0.4) is 0 Å². The van der Waals surface area contributed by atoms with Crippen molar-refractivity contribution in [1.82, 2.24) is 4.90 Å². The molecule has 33 heavy (non-hydrogen) atoms. The molecule has 2 aromatic carbocycles. The Labute approximate surface area is 193 Å². The van der Waals surface area contributed by atoms with Crippen molar-refractivity contribution < 1.29 is 28.6 Å². The van der Waals surface area contributed by atoms with Gasteiger partial charge in [-0.3, -0.25) is 10.1 Å². The molecule has 1 N–H and O–H groups in total. The van der Waals surface area contributed by atoms with Gasteiger partial charge in [0.15, 0.2) is 6.61 Å². The van der Waals surface area contributed by atoms with Crippen LogP contribution in [0, 0.1) is 0 Å². The van der Waals surface area contributed by atoms with E-state index in [1.165, 1.54) is 12.1 Å². The molecule has 3 rings (SSSR count). The Bertz CT molecular complexity index is 975. The Morgan fingerprint density at radius 3 is 2.18 bits per heavy atom. The third-order valence-electron chi connectivity index (χ3n) is 4.91. The smallest absolute Gasteiger partial charge is 0.412 e. The van der Waals surface area contributed by atoms with Crippen LogP contribution in [-0.2, 0) is 20.8 Å². The summed E-state index contributed by atoms with van der Waals surface area (Å²) in [7, 11) is 1.61. The SMILES string of the molecule is COc1ccc(CN(C(=O)COC(=O)c2ccc(NC(=O)OC(C)(C)C)cc2)C2CC2)cc1. The predicted octanol–water partition coefficient (Wildman–Crippen LogP) is 4.39. The van der Waals surface area contributed by atoms with Crippen molar-refractivity contribution in [3.05, 3.63) is 59.7 Å². The summed E-state index contributed by atoms with van der Waals surface area (Å²) >= 11 is 0. The maximum atomic E-state index is 12.7. The van der Waals surface area contributed by atoms with Gasteiger partial charge in [0.05, 0.1) is 12.7 Å². The number of methoxy groups -OCH3 is 1. The highest BCUT2D eigenvalue weighted by atomic mass is 16.6. The van der Waals surface area contributed by atoms with Crippen LogP contribution in [0.4, 0.5) is 10.5 Å². The first-order valence-corrected chi connectivity index (χ1v) is 10.8. The molecular formula is C25H30N2O6. The minimum atomic E-state index is -0.609. The van der Waals surface area contributed by atoms with Gasteiger partial charge in [0.1, 0.15) is 11.4 Å². The van der Waals surface area contributed by atoms with Crippen LogP contribution >= 0.6 is 0 Å². The van der Waals surface area contributed by atoms with Crippen molar-refractivity contribution >= 4 is 23.7 Å². The minimum Gasteiger partial charge on any atom is -0.497 e. The fourth-order valence-electron chi connectivity index (χ4n) is 3.14. The molecule has 0 spiro atoms. The summed E-state index contributed by atoms with van der Waals surface area (Å²) < 4.78 is 15.6. The lowest BCUT2D eigenvalue weighted by atomic mass is 10.2. The molecule has 0 aromatic heterocycles. The molecule has 0 heterocycles. The molecule has 0 bridgehead atoms. The first kappa shape index (κ1) is 24.1. The number of anilines is 1. The van der Waals surface area contributed by atoms with E-state index in [0.717, 1.165) is 24.2 Å². The van der Waals surface area contributed by atoms with Crippen molar-refractivity contribution in [3.8, 4) is 5.75 Å². The van der Waals surface area contributed by atoms with E-state index in [0.29, 0.717) is 12.2 Å². The number of nitrogens with zero attached hydrogens (tertiary/aromatic N) is 1. The monoisotopic (exact) mass is 454 g/mol. The summed E-state index contributed by atoms with van der Waals surface area (Å²) in [4.78, 5) is 38.7. The van der Waals surface area contributed by atoms with Crippen molar-refractivity contribution in [2.24, 2.45) is 0 Å². The van der Waals surface area contributed by atoms with E-state index >= 15 is 0 Å². The zero-order chi connectivity index (χ0) is 24.0. The molecule has 0 unspecified atom stereocenters. The zero-order valence-corrected chi connectivity index (χ0v) is 19.4. The van der Waals surface area contributed by atoms with E-state index in [4.69, 9.17) is 14.2 Å². The molecule has 0 aliphatic heterocycles. The zero-order valence-electron chi connectivity index (χ0n) is 19.4. The van der Waals surface area contributed by atoms with Crippen molar-refractivity contribution in [3.63, 3.8) is 0 Å². The quantitative estimate of drug-likeness (QED) is 0.595. The summed E-state index contributed by atoms with van der Waals surface area (Å²) in [6.07, 6.45) is 1.31. The maximum absolute atomic E-state index is 12.7. The van der Waals surface area contributed by atoms with Crippen molar-refractivity contribution in [2.75, 3.05) is 19.0 Å². The number of amides is 2. The highest BCUT2D eigenvalue weighted by Gasteiger charge is 2.33. The first-order chi connectivity index (χ1) is 15.6. The number of benzene rings is 2. The van der Waals surface area contributed by atoms with Gasteiger partial charge >= 0.3 is 12.1 Å². The van der Waals surface area contributed by atoms with Gasteiger partial charge < -0.3 is 19.1 Å². The van der Waals surface area contributed by atoms with E-state index in [2.05, 4.69) is 5.32 Å². The summed E-state index contributed by atoms with van der Waals surface area (Å²) in [6, 6.07) is 13.9. The molecular weight excluding hydrogens is 424 g/mol. The van der Waals surface area contributed by atoms with Crippen LogP contribution in [0.15, 0.2) is 48.5 Å². The predicted molar refractivity (Wildman–Crippen MR) is 123 cm³/mol. The molecule has 1 aliphatic rings. The molecule has 2 amide bonds. The number of ether oxygens (including phenoxy) is 3. The number of esters is 1.